The SMILES string of the molecule is O=C(COC(=O)c1cc(-c2ccccc2)nc2ccccc12)NNC(=O)c1ccccc1. The van der Waals surface area contributed by atoms with E-state index < -0.39 is 24.4 Å². The number of pyridine rings is 1. The van der Waals surface area contributed by atoms with Gasteiger partial charge in [-0.2, -0.15) is 0 Å². The fourth-order valence-electron chi connectivity index (χ4n) is 3.13. The molecule has 0 unspecified atom stereocenters. The van der Waals surface area contributed by atoms with Crippen LogP contribution in [-0.2, 0) is 9.53 Å². The third-order valence-electron chi connectivity index (χ3n) is 4.69. The van der Waals surface area contributed by atoms with Gasteiger partial charge < -0.3 is 4.74 Å². The number of ether oxygens (including phenoxy) is 1. The molecule has 0 saturated heterocycles. The maximum atomic E-state index is 12.8. The van der Waals surface area contributed by atoms with E-state index in [4.69, 9.17) is 4.74 Å². The summed E-state index contributed by atoms with van der Waals surface area (Å²) in [5.74, 6) is -1.80. The predicted molar refractivity (Wildman–Crippen MR) is 120 cm³/mol. The number of fused-ring (bicyclic) bond motifs is 1. The molecule has 3 aromatic carbocycles. The molecule has 0 aliphatic rings. The van der Waals surface area contributed by atoms with Crippen molar-refractivity contribution in [2.75, 3.05) is 6.61 Å². The third-order valence-corrected chi connectivity index (χ3v) is 4.69. The van der Waals surface area contributed by atoms with Crippen LogP contribution in [0.5, 0.6) is 0 Å². The number of rotatable bonds is 5. The standard InChI is InChI=1S/C25H19N3O4/c29-23(27-28-24(30)18-11-5-2-6-12-18)16-32-25(31)20-15-22(17-9-3-1-4-10-17)26-21-14-8-7-13-19(20)21/h1-15H,16H2,(H,27,29)(H,28,30). The number of benzene rings is 3. The molecule has 158 valence electrons. The Morgan fingerprint density at radius 1 is 0.781 bits per heavy atom. The number of para-hydroxylation sites is 1. The summed E-state index contributed by atoms with van der Waals surface area (Å²) in [5.41, 5.74) is 7.32. The van der Waals surface area contributed by atoms with Gasteiger partial charge in [0.1, 0.15) is 0 Å². The van der Waals surface area contributed by atoms with Gasteiger partial charge in [0.2, 0.25) is 0 Å². The second-order valence-electron chi connectivity index (χ2n) is 6.88. The van der Waals surface area contributed by atoms with Crippen molar-refractivity contribution in [1.29, 1.82) is 0 Å². The van der Waals surface area contributed by atoms with Crippen LogP contribution in [0.4, 0.5) is 0 Å². The van der Waals surface area contributed by atoms with Crippen LogP contribution in [0.3, 0.4) is 0 Å². The summed E-state index contributed by atoms with van der Waals surface area (Å²) < 4.78 is 5.20. The van der Waals surface area contributed by atoms with Gasteiger partial charge in [-0.3, -0.25) is 20.4 Å². The molecular formula is C25H19N3O4. The highest BCUT2D eigenvalue weighted by Gasteiger charge is 2.17. The van der Waals surface area contributed by atoms with Crippen LogP contribution in [0.1, 0.15) is 20.7 Å². The van der Waals surface area contributed by atoms with E-state index in [1.54, 1.807) is 48.5 Å². The Bertz CT molecular complexity index is 1270. The van der Waals surface area contributed by atoms with Crippen molar-refractivity contribution in [2.24, 2.45) is 0 Å². The quantitative estimate of drug-likeness (QED) is 0.377. The van der Waals surface area contributed by atoms with Crippen molar-refractivity contribution in [1.82, 2.24) is 15.8 Å². The lowest BCUT2D eigenvalue weighted by Crippen LogP contribution is -2.43. The molecule has 0 radical (unpaired) electrons. The summed E-state index contributed by atoms with van der Waals surface area (Å²) in [6, 6.07) is 26.8. The first kappa shape index (κ1) is 20.7. The second kappa shape index (κ2) is 9.53. The Labute approximate surface area is 184 Å². The number of esters is 1. The maximum absolute atomic E-state index is 12.8. The maximum Gasteiger partial charge on any atom is 0.339 e. The fraction of sp³-hybridized carbons (Fsp3) is 0.0400. The molecule has 0 aliphatic heterocycles. The smallest absolute Gasteiger partial charge is 0.339 e. The highest BCUT2D eigenvalue weighted by molar-refractivity contribution is 6.05. The zero-order valence-corrected chi connectivity index (χ0v) is 16.9. The van der Waals surface area contributed by atoms with E-state index in [-0.39, 0.29) is 0 Å². The lowest BCUT2D eigenvalue weighted by atomic mass is 10.0. The van der Waals surface area contributed by atoms with Gasteiger partial charge in [-0.15, -0.1) is 0 Å². The first-order valence-electron chi connectivity index (χ1n) is 9.88. The van der Waals surface area contributed by atoms with Crippen molar-refractivity contribution in [3.8, 4) is 11.3 Å². The molecule has 1 aromatic heterocycles. The molecule has 4 aromatic rings. The average molecular weight is 425 g/mol. The molecular weight excluding hydrogens is 406 g/mol. The van der Waals surface area contributed by atoms with Crippen molar-refractivity contribution in [2.45, 2.75) is 0 Å². The minimum absolute atomic E-state index is 0.301. The van der Waals surface area contributed by atoms with E-state index >= 15 is 0 Å². The van der Waals surface area contributed by atoms with Crippen molar-refractivity contribution in [3.05, 3.63) is 102 Å². The number of carbonyl (C=O) groups excluding carboxylic acids is 3. The third kappa shape index (κ3) is 4.79. The van der Waals surface area contributed by atoms with Crippen LogP contribution in [0.25, 0.3) is 22.2 Å². The van der Waals surface area contributed by atoms with E-state index in [2.05, 4.69) is 15.8 Å². The van der Waals surface area contributed by atoms with E-state index in [9.17, 15) is 14.4 Å². The molecule has 0 fully saturated rings. The Balaban J connectivity index is 1.45. The molecule has 2 amide bonds. The predicted octanol–water partition coefficient (Wildman–Crippen LogP) is 3.52. The zero-order chi connectivity index (χ0) is 22.3. The fourth-order valence-corrected chi connectivity index (χ4v) is 3.13. The first-order valence-corrected chi connectivity index (χ1v) is 9.88. The van der Waals surface area contributed by atoms with E-state index in [0.717, 1.165) is 5.56 Å². The van der Waals surface area contributed by atoms with Crippen LogP contribution in [0.15, 0.2) is 91.0 Å². The van der Waals surface area contributed by atoms with Gasteiger partial charge in [0, 0.05) is 16.5 Å². The Hall–Kier alpha value is -4.52. The van der Waals surface area contributed by atoms with Gasteiger partial charge in [0.15, 0.2) is 6.61 Å². The first-order chi connectivity index (χ1) is 15.6. The van der Waals surface area contributed by atoms with Crippen molar-refractivity contribution < 1.29 is 19.1 Å². The van der Waals surface area contributed by atoms with Crippen LogP contribution < -0.4 is 10.9 Å². The number of hydrogen-bond donors (Lipinski definition) is 2. The van der Waals surface area contributed by atoms with Crippen molar-refractivity contribution >= 4 is 28.7 Å². The van der Waals surface area contributed by atoms with Gasteiger partial charge in [0.05, 0.1) is 16.8 Å². The molecule has 2 N–H and O–H groups in total. The minimum atomic E-state index is -0.663. The topological polar surface area (TPSA) is 97.4 Å². The summed E-state index contributed by atoms with van der Waals surface area (Å²) in [6.45, 7) is -0.550. The van der Waals surface area contributed by atoms with Gasteiger partial charge in [-0.05, 0) is 24.3 Å². The molecule has 1 heterocycles. The number of aromatic nitrogens is 1. The molecule has 0 spiro atoms. The highest BCUT2D eigenvalue weighted by atomic mass is 16.5. The lowest BCUT2D eigenvalue weighted by molar-refractivity contribution is -0.125. The number of hydrogen-bond acceptors (Lipinski definition) is 5. The molecule has 7 heteroatoms. The number of carbonyl (C=O) groups is 3. The number of hydrazine groups is 1. The number of nitrogens with one attached hydrogen (secondary N) is 2. The molecule has 0 saturated carbocycles. The van der Waals surface area contributed by atoms with Gasteiger partial charge in [-0.1, -0.05) is 66.7 Å². The lowest BCUT2D eigenvalue weighted by Gasteiger charge is -2.11. The molecule has 0 aliphatic carbocycles. The number of nitrogens with zero attached hydrogens (tertiary/aromatic N) is 1. The highest BCUT2D eigenvalue weighted by Crippen LogP contribution is 2.25. The zero-order valence-electron chi connectivity index (χ0n) is 16.9. The molecule has 4 rings (SSSR count). The van der Waals surface area contributed by atoms with Crippen LogP contribution in [0, 0.1) is 0 Å². The molecule has 0 atom stereocenters. The summed E-state index contributed by atoms with van der Waals surface area (Å²) in [7, 11) is 0. The number of amides is 2. The Morgan fingerprint density at radius 3 is 2.19 bits per heavy atom. The summed E-state index contributed by atoms with van der Waals surface area (Å²) in [5, 5.41) is 0.620. The molecule has 32 heavy (non-hydrogen) atoms. The largest absolute Gasteiger partial charge is 0.452 e. The van der Waals surface area contributed by atoms with Gasteiger partial charge in [0.25, 0.3) is 11.8 Å². The summed E-state index contributed by atoms with van der Waals surface area (Å²) in [6.07, 6.45) is 0. The van der Waals surface area contributed by atoms with Gasteiger partial charge in [-0.25, -0.2) is 9.78 Å². The monoisotopic (exact) mass is 425 g/mol. The average Bonchev–Trinajstić information content (AvgIpc) is 2.86. The minimum Gasteiger partial charge on any atom is -0.452 e. The second-order valence-corrected chi connectivity index (χ2v) is 6.88. The molecule has 7 nitrogen and oxygen atoms in total. The van der Waals surface area contributed by atoms with Crippen molar-refractivity contribution in [3.63, 3.8) is 0 Å². The van der Waals surface area contributed by atoms with E-state index in [0.29, 0.717) is 27.7 Å². The Kier molecular flexibility index (Phi) is 6.17. The van der Waals surface area contributed by atoms with Crippen LogP contribution in [0.2, 0.25) is 0 Å². The van der Waals surface area contributed by atoms with Crippen LogP contribution in [-0.4, -0.2) is 29.4 Å². The molecule has 0 bridgehead atoms. The van der Waals surface area contributed by atoms with E-state index in [1.165, 1.54) is 0 Å². The van der Waals surface area contributed by atoms with E-state index in [1.807, 2.05) is 42.5 Å². The Morgan fingerprint density at radius 2 is 1.44 bits per heavy atom. The summed E-state index contributed by atoms with van der Waals surface area (Å²) in [4.78, 5) is 41.5. The summed E-state index contributed by atoms with van der Waals surface area (Å²) >= 11 is 0. The van der Waals surface area contributed by atoms with Gasteiger partial charge >= 0.3 is 5.97 Å². The normalized spacial score (nSPS) is 10.4. The van der Waals surface area contributed by atoms with Crippen LogP contribution >= 0.6 is 0 Å².